The van der Waals surface area contributed by atoms with E-state index in [1.807, 2.05) is 11.8 Å². The second-order valence-corrected chi connectivity index (χ2v) is 14.9. The van der Waals surface area contributed by atoms with Gasteiger partial charge in [0.25, 0.3) is 0 Å². The highest BCUT2D eigenvalue weighted by atomic mass is 32.2. The molecule has 11 aromatic rings. The molecule has 3 aromatic heterocycles. The Balaban J connectivity index is 1.07. The van der Waals surface area contributed by atoms with Crippen molar-refractivity contribution in [2.24, 2.45) is 0 Å². The van der Waals surface area contributed by atoms with Crippen molar-refractivity contribution in [3.8, 4) is 28.2 Å². The number of rotatable bonds is 3. The van der Waals surface area contributed by atoms with E-state index in [9.17, 15) is 0 Å². The van der Waals surface area contributed by atoms with Crippen LogP contribution in [0, 0.1) is 0 Å². The fraction of sp³-hybridized carbons (Fsp3) is 0. The molecular formula is C48H29N3S. The van der Waals surface area contributed by atoms with Crippen LogP contribution in [0.15, 0.2) is 186 Å². The predicted molar refractivity (Wildman–Crippen MR) is 219 cm³/mol. The first kappa shape index (κ1) is 28.2. The third kappa shape index (κ3) is 3.82. The number of hydrogen-bond donors (Lipinski definition) is 0. The summed E-state index contributed by atoms with van der Waals surface area (Å²) >= 11 is 1.88. The van der Waals surface area contributed by atoms with Gasteiger partial charge in [0, 0.05) is 53.5 Å². The Morgan fingerprint density at radius 1 is 0.308 bits per heavy atom. The van der Waals surface area contributed by atoms with Crippen molar-refractivity contribution in [3.05, 3.63) is 176 Å². The molecule has 0 atom stereocenters. The molecule has 1 aliphatic rings. The Kier molecular flexibility index (Phi) is 5.71. The van der Waals surface area contributed by atoms with Gasteiger partial charge in [-0.05, 0) is 90.0 Å². The number of nitrogens with zero attached hydrogens (tertiary/aromatic N) is 3. The van der Waals surface area contributed by atoms with Crippen LogP contribution >= 0.6 is 11.8 Å². The van der Waals surface area contributed by atoms with Crippen molar-refractivity contribution in [1.29, 1.82) is 0 Å². The van der Waals surface area contributed by atoms with E-state index in [1.54, 1.807) is 0 Å². The molecule has 0 radical (unpaired) electrons. The normalized spacial score (nSPS) is 12.5. The lowest BCUT2D eigenvalue weighted by Crippen LogP contribution is -2.02. The van der Waals surface area contributed by atoms with Crippen LogP contribution in [0.25, 0.3) is 93.6 Å². The SMILES string of the molecule is c1ccc(-n2c3ccccc3c3cc(-c4ccc5c(c4)c4ccccc4n5-c4cc5c6c(c4)c4ccccc4n6-c4ccccc4S5)ccc32)cc1. The molecule has 52 heavy (non-hydrogen) atoms. The lowest BCUT2D eigenvalue weighted by Gasteiger charge is -2.21. The molecule has 4 heteroatoms. The van der Waals surface area contributed by atoms with Crippen LogP contribution < -0.4 is 0 Å². The smallest absolute Gasteiger partial charge is 0.0682 e. The minimum atomic E-state index is 1.18. The average molecular weight is 680 g/mol. The molecule has 4 heterocycles. The van der Waals surface area contributed by atoms with Gasteiger partial charge in [-0.1, -0.05) is 109 Å². The first-order chi connectivity index (χ1) is 25.8. The predicted octanol–water partition coefficient (Wildman–Crippen LogP) is 13.1. The van der Waals surface area contributed by atoms with Crippen LogP contribution in [0.4, 0.5) is 0 Å². The van der Waals surface area contributed by atoms with E-state index in [2.05, 4.69) is 190 Å². The van der Waals surface area contributed by atoms with E-state index >= 15 is 0 Å². The molecule has 0 bridgehead atoms. The topological polar surface area (TPSA) is 14.8 Å². The highest BCUT2D eigenvalue weighted by molar-refractivity contribution is 7.99. The van der Waals surface area contributed by atoms with E-state index in [-0.39, 0.29) is 0 Å². The number of benzene rings is 8. The molecule has 1 aliphatic heterocycles. The molecule has 8 aromatic carbocycles. The van der Waals surface area contributed by atoms with Crippen LogP contribution in [0.3, 0.4) is 0 Å². The summed E-state index contributed by atoms with van der Waals surface area (Å²) in [4.78, 5) is 2.57. The Morgan fingerprint density at radius 3 is 1.46 bits per heavy atom. The van der Waals surface area contributed by atoms with Gasteiger partial charge in [0.15, 0.2) is 0 Å². The molecule has 12 rings (SSSR count). The van der Waals surface area contributed by atoms with Gasteiger partial charge in [0.2, 0.25) is 0 Å². The van der Waals surface area contributed by atoms with Gasteiger partial charge in [-0.3, -0.25) is 0 Å². The number of aromatic nitrogens is 3. The fourth-order valence-electron chi connectivity index (χ4n) is 8.79. The zero-order valence-corrected chi connectivity index (χ0v) is 28.8. The van der Waals surface area contributed by atoms with Crippen molar-refractivity contribution in [2.45, 2.75) is 9.79 Å². The lowest BCUT2D eigenvalue weighted by atomic mass is 10.0. The first-order valence-corrected chi connectivity index (χ1v) is 18.6. The monoisotopic (exact) mass is 679 g/mol. The highest BCUT2D eigenvalue weighted by Crippen LogP contribution is 2.48. The van der Waals surface area contributed by atoms with E-state index in [0.29, 0.717) is 0 Å². The molecule has 0 saturated carbocycles. The van der Waals surface area contributed by atoms with E-state index < -0.39 is 0 Å². The highest BCUT2D eigenvalue weighted by Gasteiger charge is 2.25. The number of para-hydroxylation sites is 5. The van der Waals surface area contributed by atoms with Crippen LogP contribution in [0.2, 0.25) is 0 Å². The quantitative estimate of drug-likeness (QED) is 0.181. The summed E-state index contributed by atoms with van der Waals surface area (Å²) in [6, 6.07) is 64.7. The largest absolute Gasteiger partial charge is 0.309 e. The average Bonchev–Trinajstić information content (AvgIpc) is 3.84. The zero-order chi connectivity index (χ0) is 33.9. The number of hydrogen-bond acceptors (Lipinski definition) is 1. The third-order valence-corrected chi connectivity index (χ3v) is 12.1. The lowest BCUT2D eigenvalue weighted by molar-refractivity contribution is 1.08. The van der Waals surface area contributed by atoms with Crippen molar-refractivity contribution in [1.82, 2.24) is 13.7 Å². The van der Waals surface area contributed by atoms with Crippen molar-refractivity contribution < 1.29 is 0 Å². The zero-order valence-electron chi connectivity index (χ0n) is 28.0. The van der Waals surface area contributed by atoms with Gasteiger partial charge in [0.05, 0.1) is 38.8 Å². The summed E-state index contributed by atoms with van der Waals surface area (Å²) < 4.78 is 7.31. The summed E-state index contributed by atoms with van der Waals surface area (Å²) in [6.45, 7) is 0. The second kappa shape index (κ2) is 10.5. The molecule has 242 valence electrons. The molecule has 0 N–H and O–H groups in total. The van der Waals surface area contributed by atoms with Gasteiger partial charge in [-0.2, -0.15) is 0 Å². The Hall–Kier alpha value is -6.49. The molecule has 0 saturated heterocycles. The standard InChI is InChI=1S/C48H29N3S/c1-2-12-32(13-3-1)49-40-17-7-4-14-34(40)37-26-30(22-24-43(37)49)31-23-25-44-38(27-31)35-15-5-8-18-41(35)50(44)33-28-39-36-16-6-9-19-42(36)51-45-20-10-11-21-46(45)52-47(29-33)48(39)51/h1-29H. The Labute approximate surface area is 303 Å². The van der Waals surface area contributed by atoms with Crippen LogP contribution in [0.5, 0.6) is 0 Å². The van der Waals surface area contributed by atoms with Gasteiger partial charge in [0.1, 0.15) is 0 Å². The minimum Gasteiger partial charge on any atom is -0.309 e. The van der Waals surface area contributed by atoms with E-state index in [4.69, 9.17) is 0 Å². The van der Waals surface area contributed by atoms with Gasteiger partial charge < -0.3 is 13.7 Å². The molecule has 0 unspecified atom stereocenters. The van der Waals surface area contributed by atoms with Crippen LogP contribution in [-0.4, -0.2) is 13.7 Å². The van der Waals surface area contributed by atoms with Crippen molar-refractivity contribution in [3.63, 3.8) is 0 Å². The maximum atomic E-state index is 2.47. The summed E-state index contributed by atoms with van der Waals surface area (Å²) in [5, 5.41) is 7.62. The van der Waals surface area contributed by atoms with Crippen LogP contribution in [-0.2, 0) is 0 Å². The fourth-order valence-corrected chi connectivity index (χ4v) is 9.91. The summed E-state index contributed by atoms with van der Waals surface area (Å²) in [7, 11) is 0. The second-order valence-electron chi connectivity index (χ2n) is 13.8. The molecule has 0 aliphatic carbocycles. The van der Waals surface area contributed by atoms with E-state index in [0.717, 1.165) is 0 Å². The maximum absolute atomic E-state index is 2.47. The molecule has 3 nitrogen and oxygen atoms in total. The third-order valence-electron chi connectivity index (χ3n) is 11.0. The maximum Gasteiger partial charge on any atom is 0.0682 e. The molecule has 0 amide bonds. The van der Waals surface area contributed by atoms with Gasteiger partial charge >= 0.3 is 0 Å². The molecular weight excluding hydrogens is 651 g/mol. The summed E-state index contributed by atoms with van der Waals surface area (Å²) in [5.74, 6) is 0. The summed E-state index contributed by atoms with van der Waals surface area (Å²) in [5.41, 5.74) is 13.5. The molecule has 0 fully saturated rings. The van der Waals surface area contributed by atoms with E-state index in [1.165, 1.54) is 103 Å². The molecule has 0 spiro atoms. The summed E-state index contributed by atoms with van der Waals surface area (Å²) in [6.07, 6.45) is 0. The Bertz CT molecular complexity index is 3270. The first-order valence-electron chi connectivity index (χ1n) is 17.8. The van der Waals surface area contributed by atoms with Crippen LogP contribution in [0.1, 0.15) is 0 Å². The van der Waals surface area contributed by atoms with Gasteiger partial charge in [-0.25, -0.2) is 0 Å². The van der Waals surface area contributed by atoms with Crippen molar-refractivity contribution in [2.75, 3.05) is 0 Å². The Morgan fingerprint density at radius 2 is 0.808 bits per heavy atom. The number of fused-ring (bicyclic) bond motifs is 11. The minimum absolute atomic E-state index is 1.18. The van der Waals surface area contributed by atoms with Crippen molar-refractivity contribution >= 4 is 77.2 Å². The van der Waals surface area contributed by atoms with Gasteiger partial charge in [-0.15, -0.1) is 0 Å².